The van der Waals surface area contributed by atoms with Crippen LogP contribution in [0.3, 0.4) is 0 Å². The molecule has 0 fully saturated rings. The Morgan fingerprint density at radius 1 is 1.19 bits per heavy atom. The Morgan fingerprint density at radius 3 is 2.31 bits per heavy atom. The van der Waals surface area contributed by atoms with Gasteiger partial charge in [0.2, 0.25) is 0 Å². The van der Waals surface area contributed by atoms with Crippen molar-refractivity contribution in [1.82, 2.24) is 0 Å². The van der Waals surface area contributed by atoms with Crippen molar-refractivity contribution in [2.75, 3.05) is 14.2 Å². The highest BCUT2D eigenvalue weighted by molar-refractivity contribution is 6.21. The lowest BCUT2D eigenvalue weighted by Gasteiger charge is -2.18. The molecule has 0 heterocycles. The van der Waals surface area contributed by atoms with Crippen LogP contribution in [0.5, 0.6) is 11.5 Å². The molecular formula is C13H19ClO2. The molecule has 0 saturated heterocycles. The molecule has 2 nitrogen and oxygen atoms in total. The third-order valence-corrected chi connectivity index (χ3v) is 3.55. The summed E-state index contributed by atoms with van der Waals surface area (Å²) in [5, 5.41) is 0.0183. The summed E-state index contributed by atoms with van der Waals surface area (Å²) < 4.78 is 10.4. The molecule has 2 unspecified atom stereocenters. The molecule has 0 saturated carbocycles. The van der Waals surface area contributed by atoms with Crippen molar-refractivity contribution in [1.29, 1.82) is 0 Å². The first-order valence-electron chi connectivity index (χ1n) is 5.50. The van der Waals surface area contributed by atoms with Crippen LogP contribution in [0, 0.1) is 5.92 Å². The van der Waals surface area contributed by atoms with Gasteiger partial charge in [-0.2, -0.15) is 0 Å². The first-order valence-corrected chi connectivity index (χ1v) is 5.93. The van der Waals surface area contributed by atoms with Crippen LogP contribution < -0.4 is 9.47 Å². The Hall–Kier alpha value is -0.890. The topological polar surface area (TPSA) is 18.5 Å². The van der Waals surface area contributed by atoms with Gasteiger partial charge < -0.3 is 9.47 Å². The van der Waals surface area contributed by atoms with Crippen molar-refractivity contribution >= 4 is 11.6 Å². The lowest BCUT2D eigenvalue weighted by atomic mass is 9.98. The molecule has 16 heavy (non-hydrogen) atoms. The zero-order valence-corrected chi connectivity index (χ0v) is 11.0. The number of rotatable bonds is 5. The van der Waals surface area contributed by atoms with E-state index in [-0.39, 0.29) is 5.38 Å². The van der Waals surface area contributed by atoms with Gasteiger partial charge in [0.1, 0.15) is 0 Å². The molecule has 0 aliphatic carbocycles. The van der Waals surface area contributed by atoms with Gasteiger partial charge in [-0.1, -0.05) is 26.3 Å². The van der Waals surface area contributed by atoms with Gasteiger partial charge in [0.25, 0.3) is 0 Å². The second kappa shape index (κ2) is 6.00. The van der Waals surface area contributed by atoms with Crippen LogP contribution in [0.2, 0.25) is 0 Å². The molecule has 0 bridgehead atoms. The quantitative estimate of drug-likeness (QED) is 0.726. The van der Waals surface area contributed by atoms with Crippen molar-refractivity contribution in [2.45, 2.75) is 25.6 Å². The molecule has 0 radical (unpaired) electrons. The summed E-state index contributed by atoms with van der Waals surface area (Å²) in [6.07, 6.45) is 1.06. The van der Waals surface area contributed by atoms with Gasteiger partial charge in [0, 0.05) is 0 Å². The fourth-order valence-corrected chi connectivity index (χ4v) is 1.87. The van der Waals surface area contributed by atoms with E-state index in [0.29, 0.717) is 5.92 Å². The smallest absolute Gasteiger partial charge is 0.161 e. The summed E-state index contributed by atoms with van der Waals surface area (Å²) in [6.45, 7) is 4.29. The minimum absolute atomic E-state index is 0.0183. The van der Waals surface area contributed by atoms with E-state index >= 15 is 0 Å². The number of ether oxygens (including phenoxy) is 2. The van der Waals surface area contributed by atoms with Crippen LogP contribution in [0.4, 0.5) is 0 Å². The molecule has 0 spiro atoms. The minimum atomic E-state index is 0.0183. The third-order valence-electron chi connectivity index (χ3n) is 2.87. The predicted molar refractivity (Wildman–Crippen MR) is 67.6 cm³/mol. The van der Waals surface area contributed by atoms with E-state index in [1.807, 2.05) is 18.2 Å². The highest BCUT2D eigenvalue weighted by Gasteiger charge is 2.16. The van der Waals surface area contributed by atoms with E-state index in [2.05, 4.69) is 13.8 Å². The summed E-state index contributed by atoms with van der Waals surface area (Å²) in [5.74, 6) is 1.91. The third kappa shape index (κ3) is 2.82. The fraction of sp³-hybridized carbons (Fsp3) is 0.538. The summed E-state index contributed by atoms with van der Waals surface area (Å²) in [6, 6.07) is 5.83. The molecule has 2 atom stereocenters. The molecule has 1 rings (SSSR count). The first-order chi connectivity index (χ1) is 7.63. The summed E-state index contributed by atoms with van der Waals surface area (Å²) in [5.41, 5.74) is 1.08. The molecule has 0 amide bonds. The van der Waals surface area contributed by atoms with Crippen LogP contribution in [0.1, 0.15) is 31.2 Å². The number of alkyl halides is 1. The highest BCUT2D eigenvalue weighted by Crippen LogP contribution is 2.36. The Bertz CT molecular complexity index is 339. The number of hydrogen-bond acceptors (Lipinski definition) is 2. The van der Waals surface area contributed by atoms with Gasteiger partial charge in [-0.15, -0.1) is 11.6 Å². The number of hydrogen-bond donors (Lipinski definition) is 0. The van der Waals surface area contributed by atoms with Crippen LogP contribution in [0.25, 0.3) is 0 Å². The molecule has 1 aromatic carbocycles. The van der Waals surface area contributed by atoms with Gasteiger partial charge in [-0.05, 0) is 23.6 Å². The van der Waals surface area contributed by atoms with Gasteiger partial charge in [0.05, 0.1) is 19.6 Å². The average Bonchev–Trinajstić information content (AvgIpc) is 2.35. The number of benzene rings is 1. The monoisotopic (exact) mass is 242 g/mol. The molecule has 90 valence electrons. The maximum atomic E-state index is 6.38. The molecule has 0 aliphatic heterocycles. The lowest BCUT2D eigenvalue weighted by molar-refractivity contribution is 0.354. The van der Waals surface area contributed by atoms with Crippen LogP contribution in [-0.4, -0.2) is 14.2 Å². The normalized spacial score (nSPS) is 14.3. The Kier molecular flexibility index (Phi) is 4.94. The standard InChI is InChI=1S/C13H19ClO2/c1-5-9(2)13(14)10-6-7-11(15-3)12(8-10)16-4/h6-9,13H,5H2,1-4H3. The van der Waals surface area contributed by atoms with Crippen LogP contribution in [0.15, 0.2) is 18.2 Å². The van der Waals surface area contributed by atoms with Gasteiger partial charge in [0.15, 0.2) is 11.5 Å². The van der Waals surface area contributed by atoms with E-state index in [1.54, 1.807) is 14.2 Å². The Morgan fingerprint density at radius 2 is 1.81 bits per heavy atom. The molecule has 0 aromatic heterocycles. The maximum Gasteiger partial charge on any atom is 0.161 e. The van der Waals surface area contributed by atoms with Gasteiger partial charge >= 0.3 is 0 Å². The van der Waals surface area contributed by atoms with E-state index in [9.17, 15) is 0 Å². The molecular weight excluding hydrogens is 224 g/mol. The van der Waals surface area contributed by atoms with Crippen molar-refractivity contribution in [3.8, 4) is 11.5 Å². The largest absolute Gasteiger partial charge is 0.493 e. The van der Waals surface area contributed by atoms with E-state index in [4.69, 9.17) is 21.1 Å². The Labute approximate surface area is 103 Å². The average molecular weight is 243 g/mol. The van der Waals surface area contributed by atoms with Crippen LogP contribution in [-0.2, 0) is 0 Å². The predicted octanol–water partition coefficient (Wildman–Crippen LogP) is 4.03. The second-order valence-electron chi connectivity index (χ2n) is 3.90. The zero-order chi connectivity index (χ0) is 12.1. The maximum absolute atomic E-state index is 6.38. The lowest BCUT2D eigenvalue weighted by Crippen LogP contribution is -2.03. The molecule has 1 aromatic rings. The van der Waals surface area contributed by atoms with Crippen molar-refractivity contribution in [3.05, 3.63) is 23.8 Å². The van der Waals surface area contributed by atoms with Gasteiger partial charge in [-0.3, -0.25) is 0 Å². The van der Waals surface area contributed by atoms with E-state index in [0.717, 1.165) is 23.5 Å². The van der Waals surface area contributed by atoms with E-state index in [1.165, 1.54) is 0 Å². The summed E-state index contributed by atoms with van der Waals surface area (Å²) in [7, 11) is 3.26. The molecule has 0 aliphatic rings. The number of halogens is 1. The first kappa shape index (κ1) is 13.2. The zero-order valence-electron chi connectivity index (χ0n) is 10.3. The number of methoxy groups -OCH3 is 2. The summed E-state index contributed by atoms with van der Waals surface area (Å²) >= 11 is 6.38. The minimum Gasteiger partial charge on any atom is -0.493 e. The van der Waals surface area contributed by atoms with Crippen molar-refractivity contribution in [3.63, 3.8) is 0 Å². The van der Waals surface area contributed by atoms with Gasteiger partial charge in [-0.25, -0.2) is 0 Å². The molecule has 3 heteroatoms. The van der Waals surface area contributed by atoms with E-state index < -0.39 is 0 Å². The Balaban J connectivity index is 2.98. The summed E-state index contributed by atoms with van der Waals surface area (Å²) in [4.78, 5) is 0. The highest BCUT2D eigenvalue weighted by atomic mass is 35.5. The SMILES string of the molecule is CCC(C)C(Cl)c1ccc(OC)c(OC)c1. The van der Waals surface area contributed by atoms with Crippen LogP contribution >= 0.6 is 11.6 Å². The van der Waals surface area contributed by atoms with Crippen molar-refractivity contribution < 1.29 is 9.47 Å². The molecule has 0 N–H and O–H groups in total. The second-order valence-corrected chi connectivity index (χ2v) is 4.37. The van der Waals surface area contributed by atoms with Crippen molar-refractivity contribution in [2.24, 2.45) is 5.92 Å². The fourth-order valence-electron chi connectivity index (χ4n) is 1.56.